The van der Waals surface area contributed by atoms with Gasteiger partial charge in [0.25, 0.3) is 0 Å². The van der Waals surface area contributed by atoms with Crippen molar-refractivity contribution in [3.8, 4) is 0 Å². The van der Waals surface area contributed by atoms with Crippen molar-refractivity contribution in [2.75, 3.05) is 5.32 Å². The van der Waals surface area contributed by atoms with Crippen LogP contribution < -0.4 is 5.32 Å². The third-order valence-electron chi connectivity index (χ3n) is 2.35. The number of anilines is 1. The van der Waals surface area contributed by atoms with Crippen molar-refractivity contribution in [1.29, 1.82) is 0 Å². The number of nitrogens with zero attached hydrogens (tertiary/aromatic N) is 3. The second-order valence-corrected chi connectivity index (χ2v) is 5.12. The summed E-state index contributed by atoms with van der Waals surface area (Å²) in [5.74, 6) is -1.70. The summed E-state index contributed by atoms with van der Waals surface area (Å²) in [5, 5.41) is 18.9. The van der Waals surface area contributed by atoms with E-state index in [1.54, 1.807) is 0 Å². The van der Waals surface area contributed by atoms with Crippen LogP contribution in [0.2, 0.25) is 15.1 Å². The van der Waals surface area contributed by atoms with Gasteiger partial charge in [-0.2, -0.15) is 0 Å². The van der Waals surface area contributed by atoms with Crippen molar-refractivity contribution in [1.82, 2.24) is 15.0 Å². The van der Waals surface area contributed by atoms with Crippen LogP contribution in [0.5, 0.6) is 0 Å². The largest absolute Gasteiger partial charge is 0.476 e. The standard InChI is InChI=1S/C11H7Cl3N4O3/c12-5-1-7(14)8(2-6(5)13)15-10(19)4-18-3-9(11(20)21)16-17-18/h1-3H,4H2,(H,15,19)(H,20,21). The second kappa shape index (κ2) is 6.30. The molecule has 0 aliphatic rings. The Morgan fingerprint density at radius 2 is 1.86 bits per heavy atom. The summed E-state index contributed by atoms with van der Waals surface area (Å²) in [7, 11) is 0. The quantitative estimate of drug-likeness (QED) is 0.827. The zero-order chi connectivity index (χ0) is 15.6. The average Bonchev–Trinajstić information content (AvgIpc) is 2.84. The van der Waals surface area contributed by atoms with E-state index in [0.29, 0.717) is 0 Å². The number of benzene rings is 1. The van der Waals surface area contributed by atoms with E-state index in [4.69, 9.17) is 39.9 Å². The lowest BCUT2D eigenvalue weighted by Gasteiger charge is -2.08. The molecule has 0 spiro atoms. The van der Waals surface area contributed by atoms with Crippen LogP contribution in [0.1, 0.15) is 10.5 Å². The molecule has 2 N–H and O–H groups in total. The number of carbonyl (C=O) groups excluding carboxylic acids is 1. The fourth-order valence-electron chi connectivity index (χ4n) is 1.43. The Morgan fingerprint density at radius 1 is 1.19 bits per heavy atom. The number of carbonyl (C=O) groups is 2. The third kappa shape index (κ3) is 3.84. The van der Waals surface area contributed by atoms with E-state index < -0.39 is 11.9 Å². The number of hydrogen-bond acceptors (Lipinski definition) is 4. The Bertz CT molecular complexity index is 717. The van der Waals surface area contributed by atoms with Crippen molar-refractivity contribution in [3.63, 3.8) is 0 Å². The number of aromatic carboxylic acids is 1. The second-order valence-electron chi connectivity index (χ2n) is 3.90. The molecule has 0 bridgehead atoms. The van der Waals surface area contributed by atoms with Crippen molar-refractivity contribution in [2.45, 2.75) is 6.54 Å². The lowest BCUT2D eigenvalue weighted by Crippen LogP contribution is -2.19. The molecule has 0 unspecified atom stereocenters. The lowest BCUT2D eigenvalue weighted by molar-refractivity contribution is -0.116. The Labute approximate surface area is 133 Å². The first-order chi connectivity index (χ1) is 9.86. The number of halogens is 3. The molecule has 7 nitrogen and oxygen atoms in total. The van der Waals surface area contributed by atoms with Gasteiger partial charge in [-0.25, -0.2) is 9.48 Å². The predicted molar refractivity (Wildman–Crippen MR) is 77.1 cm³/mol. The van der Waals surface area contributed by atoms with Crippen LogP contribution in [0.4, 0.5) is 5.69 Å². The van der Waals surface area contributed by atoms with Gasteiger partial charge in [0.1, 0.15) is 6.54 Å². The summed E-state index contributed by atoms with van der Waals surface area (Å²) in [6.07, 6.45) is 1.14. The zero-order valence-electron chi connectivity index (χ0n) is 10.2. The fraction of sp³-hybridized carbons (Fsp3) is 0.0909. The van der Waals surface area contributed by atoms with Crippen LogP contribution in [-0.2, 0) is 11.3 Å². The molecular weight excluding hydrogens is 343 g/mol. The molecule has 21 heavy (non-hydrogen) atoms. The van der Waals surface area contributed by atoms with Crippen LogP contribution in [0, 0.1) is 0 Å². The summed E-state index contributed by atoms with van der Waals surface area (Å²) in [5.41, 5.74) is 0.0324. The van der Waals surface area contributed by atoms with Gasteiger partial charge in [0.05, 0.1) is 27.0 Å². The van der Waals surface area contributed by atoms with Gasteiger partial charge in [-0.05, 0) is 12.1 Å². The van der Waals surface area contributed by atoms with Gasteiger partial charge in [-0.15, -0.1) is 5.10 Å². The molecule has 2 rings (SSSR count). The minimum Gasteiger partial charge on any atom is -0.476 e. The lowest BCUT2D eigenvalue weighted by atomic mass is 10.3. The maximum absolute atomic E-state index is 11.8. The number of carboxylic acids is 1. The van der Waals surface area contributed by atoms with Gasteiger partial charge >= 0.3 is 5.97 Å². The molecule has 110 valence electrons. The van der Waals surface area contributed by atoms with Crippen molar-refractivity contribution >= 4 is 52.4 Å². The molecule has 0 saturated heterocycles. The first kappa shape index (κ1) is 15.6. The van der Waals surface area contributed by atoms with E-state index >= 15 is 0 Å². The molecule has 0 aliphatic heterocycles. The Balaban J connectivity index is 2.08. The fourth-order valence-corrected chi connectivity index (χ4v) is 2.02. The van der Waals surface area contributed by atoms with Crippen LogP contribution in [-0.4, -0.2) is 32.0 Å². The first-order valence-corrected chi connectivity index (χ1v) is 6.58. The molecule has 10 heteroatoms. The summed E-state index contributed by atoms with van der Waals surface area (Å²) in [6.45, 7) is -0.225. The first-order valence-electron chi connectivity index (χ1n) is 5.44. The third-order valence-corrected chi connectivity index (χ3v) is 3.38. The summed E-state index contributed by atoms with van der Waals surface area (Å²) in [6, 6.07) is 2.81. The molecular formula is C11H7Cl3N4O3. The van der Waals surface area contributed by atoms with Gasteiger partial charge in [0.15, 0.2) is 5.69 Å². The Hall–Kier alpha value is -1.83. The van der Waals surface area contributed by atoms with Gasteiger partial charge in [-0.1, -0.05) is 40.0 Å². The number of amides is 1. The van der Waals surface area contributed by atoms with E-state index in [1.807, 2.05) is 0 Å². The van der Waals surface area contributed by atoms with Crippen LogP contribution >= 0.6 is 34.8 Å². The molecule has 1 aromatic heterocycles. The number of nitrogens with one attached hydrogen (secondary N) is 1. The van der Waals surface area contributed by atoms with Gasteiger partial charge in [-0.3, -0.25) is 4.79 Å². The van der Waals surface area contributed by atoms with Crippen LogP contribution in [0.15, 0.2) is 18.3 Å². The van der Waals surface area contributed by atoms with Gasteiger partial charge in [0.2, 0.25) is 5.91 Å². The Kier molecular flexibility index (Phi) is 4.66. The Morgan fingerprint density at radius 3 is 2.48 bits per heavy atom. The number of aromatic nitrogens is 3. The van der Waals surface area contributed by atoms with Crippen molar-refractivity contribution in [3.05, 3.63) is 39.1 Å². The van der Waals surface area contributed by atoms with E-state index in [9.17, 15) is 9.59 Å². The topological polar surface area (TPSA) is 97.1 Å². The molecule has 1 aromatic carbocycles. The van der Waals surface area contributed by atoms with Gasteiger partial charge in [0, 0.05) is 0 Å². The van der Waals surface area contributed by atoms with E-state index in [-0.39, 0.29) is 33.0 Å². The van der Waals surface area contributed by atoms with E-state index in [1.165, 1.54) is 12.1 Å². The molecule has 0 radical (unpaired) electrons. The monoisotopic (exact) mass is 348 g/mol. The normalized spacial score (nSPS) is 10.4. The molecule has 0 atom stereocenters. The average molecular weight is 350 g/mol. The van der Waals surface area contributed by atoms with Crippen LogP contribution in [0.3, 0.4) is 0 Å². The summed E-state index contributed by atoms with van der Waals surface area (Å²) >= 11 is 17.5. The van der Waals surface area contributed by atoms with Gasteiger partial charge < -0.3 is 10.4 Å². The predicted octanol–water partition coefficient (Wildman–Crippen LogP) is 2.58. The van der Waals surface area contributed by atoms with E-state index in [0.717, 1.165) is 10.9 Å². The molecule has 0 saturated carbocycles. The highest BCUT2D eigenvalue weighted by atomic mass is 35.5. The van der Waals surface area contributed by atoms with Crippen molar-refractivity contribution in [2.24, 2.45) is 0 Å². The van der Waals surface area contributed by atoms with Crippen LogP contribution in [0.25, 0.3) is 0 Å². The maximum Gasteiger partial charge on any atom is 0.358 e. The highest BCUT2D eigenvalue weighted by molar-refractivity contribution is 6.44. The molecule has 0 fully saturated rings. The maximum atomic E-state index is 11.8. The highest BCUT2D eigenvalue weighted by Crippen LogP contribution is 2.32. The van der Waals surface area contributed by atoms with E-state index in [2.05, 4.69) is 15.6 Å². The molecule has 2 aromatic rings. The molecule has 1 heterocycles. The minimum absolute atomic E-state index is 0.225. The molecule has 0 aliphatic carbocycles. The van der Waals surface area contributed by atoms with Crippen molar-refractivity contribution < 1.29 is 14.7 Å². The smallest absolute Gasteiger partial charge is 0.358 e. The summed E-state index contributed by atoms with van der Waals surface area (Å²) in [4.78, 5) is 22.5. The summed E-state index contributed by atoms with van der Waals surface area (Å²) < 4.78 is 1.09. The SMILES string of the molecule is O=C(Cn1cc(C(=O)O)nn1)Nc1cc(Cl)c(Cl)cc1Cl. The number of rotatable bonds is 4. The minimum atomic E-state index is -1.23. The molecule has 1 amide bonds. The highest BCUT2D eigenvalue weighted by Gasteiger charge is 2.13. The number of hydrogen-bond donors (Lipinski definition) is 2. The zero-order valence-corrected chi connectivity index (χ0v) is 12.4. The number of carboxylic acid groups (broad SMARTS) is 1.